The van der Waals surface area contributed by atoms with Gasteiger partial charge < -0.3 is 9.47 Å². The SMILES string of the molecule is C=C(C(=O)OC1CCCCC1)C12COCC1C2. The van der Waals surface area contributed by atoms with E-state index in [0.29, 0.717) is 18.1 Å². The van der Waals surface area contributed by atoms with Gasteiger partial charge in [0.05, 0.1) is 13.2 Å². The topological polar surface area (TPSA) is 35.5 Å². The van der Waals surface area contributed by atoms with Gasteiger partial charge in [-0.05, 0) is 38.0 Å². The minimum atomic E-state index is -0.176. The number of hydrogen-bond acceptors (Lipinski definition) is 3. The average Bonchev–Trinajstić information content (AvgIpc) is 2.92. The lowest BCUT2D eigenvalue weighted by Crippen LogP contribution is -2.25. The Morgan fingerprint density at radius 1 is 1.29 bits per heavy atom. The molecular formula is C14H20O3. The summed E-state index contributed by atoms with van der Waals surface area (Å²) in [5.74, 6) is 0.346. The summed E-state index contributed by atoms with van der Waals surface area (Å²) < 4.78 is 11.0. The zero-order valence-corrected chi connectivity index (χ0v) is 10.2. The van der Waals surface area contributed by atoms with Crippen LogP contribution in [-0.4, -0.2) is 25.3 Å². The molecule has 0 bridgehead atoms. The molecule has 17 heavy (non-hydrogen) atoms. The Bertz CT molecular complexity index is 343. The summed E-state index contributed by atoms with van der Waals surface area (Å²) in [6, 6.07) is 0. The molecule has 2 atom stereocenters. The molecule has 0 radical (unpaired) electrons. The fourth-order valence-corrected chi connectivity index (χ4v) is 3.22. The maximum atomic E-state index is 12.1. The lowest BCUT2D eigenvalue weighted by Gasteiger charge is -2.23. The average molecular weight is 236 g/mol. The Morgan fingerprint density at radius 3 is 2.65 bits per heavy atom. The van der Waals surface area contributed by atoms with Gasteiger partial charge in [0.15, 0.2) is 0 Å². The maximum Gasteiger partial charge on any atom is 0.334 e. The van der Waals surface area contributed by atoms with Crippen LogP contribution in [0.25, 0.3) is 0 Å². The smallest absolute Gasteiger partial charge is 0.334 e. The molecule has 1 saturated heterocycles. The third kappa shape index (κ3) is 1.90. The summed E-state index contributed by atoms with van der Waals surface area (Å²) in [6.07, 6.45) is 6.87. The van der Waals surface area contributed by atoms with E-state index in [4.69, 9.17) is 9.47 Å². The van der Waals surface area contributed by atoms with E-state index in [2.05, 4.69) is 6.58 Å². The Morgan fingerprint density at radius 2 is 2.06 bits per heavy atom. The van der Waals surface area contributed by atoms with Gasteiger partial charge in [0, 0.05) is 11.0 Å². The Kier molecular flexibility index (Phi) is 2.74. The van der Waals surface area contributed by atoms with Crippen LogP contribution in [0.15, 0.2) is 12.2 Å². The van der Waals surface area contributed by atoms with Crippen molar-refractivity contribution in [2.24, 2.45) is 11.3 Å². The summed E-state index contributed by atoms with van der Waals surface area (Å²) in [4.78, 5) is 12.1. The monoisotopic (exact) mass is 236 g/mol. The van der Waals surface area contributed by atoms with Crippen molar-refractivity contribution in [2.75, 3.05) is 13.2 Å². The third-order valence-corrected chi connectivity index (χ3v) is 4.58. The molecule has 1 heterocycles. The van der Waals surface area contributed by atoms with Crippen LogP contribution in [0.2, 0.25) is 0 Å². The highest BCUT2D eigenvalue weighted by atomic mass is 16.5. The van der Waals surface area contributed by atoms with E-state index >= 15 is 0 Å². The second-order valence-electron chi connectivity index (χ2n) is 5.72. The highest BCUT2D eigenvalue weighted by Gasteiger charge is 2.61. The zero-order chi connectivity index (χ0) is 11.9. The van der Waals surface area contributed by atoms with Crippen LogP contribution in [0.3, 0.4) is 0 Å². The molecule has 0 spiro atoms. The molecule has 2 saturated carbocycles. The van der Waals surface area contributed by atoms with Crippen molar-refractivity contribution in [3.05, 3.63) is 12.2 Å². The van der Waals surface area contributed by atoms with Crippen molar-refractivity contribution in [1.82, 2.24) is 0 Å². The predicted molar refractivity (Wildman–Crippen MR) is 63.5 cm³/mol. The van der Waals surface area contributed by atoms with Crippen LogP contribution >= 0.6 is 0 Å². The number of ether oxygens (including phenoxy) is 2. The van der Waals surface area contributed by atoms with Crippen LogP contribution < -0.4 is 0 Å². The van der Waals surface area contributed by atoms with E-state index in [1.807, 2.05) is 0 Å². The summed E-state index contributed by atoms with van der Waals surface area (Å²) in [6.45, 7) is 5.41. The van der Waals surface area contributed by atoms with Crippen LogP contribution in [0.1, 0.15) is 38.5 Å². The van der Waals surface area contributed by atoms with E-state index in [1.165, 1.54) is 19.3 Å². The quantitative estimate of drug-likeness (QED) is 0.558. The predicted octanol–water partition coefficient (Wildman–Crippen LogP) is 2.46. The van der Waals surface area contributed by atoms with Crippen molar-refractivity contribution in [2.45, 2.75) is 44.6 Å². The normalized spacial score (nSPS) is 36.4. The lowest BCUT2D eigenvalue weighted by molar-refractivity contribution is -0.146. The molecule has 3 nitrogen and oxygen atoms in total. The Hall–Kier alpha value is -0.830. The minimum Gasteiger partial charge on any atom is -0.459 e. The number of fused-ring (bicyclic) bond motifs is 1. The van der Waals surface area contributed by atoms with E-state index in [1.54, 1.807) is 0 Å². The summed E-state index contributed by atoms with van der Waals surface area (Å²) in [5.41, 5.74) is 0.608. The second kappa shape index (κ2) is 4.13. The summed E-state index contributed by atoms with van der Waals surface area (Å²) in [7, 11) is 0. The van der Waals surface area contributed by atoms with Crippen molar-refractivity contribution >= 4 is 5.97 Å². The molecule has 0 amide bonds. The van der Waals surface area contributed by atoms with Gasteiger partial charge in [-0.2, -0.15) is 0 Å². The first kappa shape index (κ1) is 11.3. The van der Waals surface area contributed by atoms with E-state index in [9.17, 15) is 4.79 Å². The Labute approximate surface area is 102 Å². The van der Waals surface area contributed by atoms with Crippen molar-refractivity contribution in [1.29, 1.82) is 0 Å². The summed E-state index contributed by atoms with van der Waals surface area (Å²) in [5, 5.41) is 0. The molecule has 3 aliphatic rings. The molecular weight excluding hydrogens is 216 g/mol. The number of esters is 1. The number of hydrogen-bond donors (Lipinski definition) is 0. The lowest BCUT2D eigenvalue weighted by atomic mass is 9.95. The zero-order valence-electron chi connectivity index (χ0n) is 10.2. The number of carbonyl (C=O) groups is 1. The largest absolute Gasteiger partial charge is 0.459 e. The highest BCUT2D eigenvalue weighted by molar-refractivity contribution is 5.90. The van der Waals surface area contributed by atoms with Crippen molar-refractivity contribution < 1.29 is 14.3 Å². The van der Waals surface area contributed by atoms with Gasteiger partial charge in [0.25, 0.3) is 0 Å². The van der Waals surface area contributed by atoms with Gasteiger partial charge in [0.2, 0.25) is 0 Å². The van der Waals surface area contributed by atoms with E-state index in [-0.39, 0.29) is 17.5 Å². The van der Waals surface area contributed by atoms with Crippen LogP contribution in [0, 0.1) is 11.3 Å². The second-order valence-corrected chi connectivity index (χ2v) is 5.72. The first-order chi connectivity index (χ1) is 8.22. The molecule has 0 N–H and O–H groups in total. The standard InChI is InChI=1S/C14H20O3/c1-10(14-7-11(14)8-16-9-14)13(15)17-12-5-3-2-4-6-12/h11-12H,1-9H2. The Balaban J connectivity index is 1.57. The molecule has 2 unspecified atom stereocenters. The van der Waals surface area contributed by atoms with Crippen LogP contribution in [-0.2, 0) is 14.3 Å². The maximum absolute atomic E-state index is 12.1. The molecule has 0 aromatic heterocycles. The number of rotatable bonds is 3. The van der Waals surface area contributed by atoms with Crippen LogP contribution in [0.5, 0.6) is 0 Å². The van der Waals surface area contributed by atoms with Gasteiger partial charge in [0.1, 0.15) is 6.10 Å². The van der Waals surface area contributed by atoms with E-state index < -0.39 is 0 Å². The minimum absolute atomic E-state index is 0.0499. The first-order valence-corrected chi connectivity index (χ1v) is 6.70. The number of carbonyl (C=O) groups excluding carboxylic acids is 1. The van der Waals surface area contributed by atoms with Crippen molar-refractivity contribution in [3.8, 4) is 0 Å². The molecule has 3 fully saturated rings. The van der Waals surface area contributed by atoms with E-state index in [0.717, 1.165) is 25.9 Å². The highest BCUT2D eigenvalue weighted by Crippen LogP contribution is 2.61. The fraction of sp³-hybridized carbons (Fsp3) is 0.786. The molecule has 3 heteroatoms. The molecule has 3 rings (SSSR count). The first-order valence-electron chi connectivity index (χ1n) is 6.70. The van der Waals surface area contributed by atoms with Gasteiger partial charge >= 0.3 is 5.97 Å². The molecule has 94 valence electrons. The molecule has 0 aromatic rings. The van der Waals surface area contributed by atoms with Crippen molar-refractivity contribution in [3.63, 3.8) is 0 Å². The van der Waals surface area contributed by atoms with Crippen LogP contribution in [0.4, 0.5) is 0 Å². The van der Waals surface area contributed by atoms with Gasteiger partial charge in [-0.3, -0.25) is 0 Å². The third-order valence-electron chi connectivity index (χ3n) is 4.58. The van der Waals surface area contributed by atoms with Gasteiger partial charge in [-0.1, -0.05) is 13.0 Å². The fourth-order valence-electron chi connectivity index (χ4n) is 3.22. The van der Waals surface area contributed by atoms with Gasteiger partial charge in [-0.15, -0.1) is 0 Å². The molecule has 1 aliphatic heterocycles. The molecule has 0 aromatic carbocycles. The molecule has 2 aliphatic carbocycles. The van der Waals surface area contributed by atoms with Gasteiger partial charge in [-0.25, -0.2) is 4.79 Å². The summed E-state index contributed by atoms with van der Waals surface area (Å²) >= 11 is 0.